The Morgan fingerprint density at radius 3 is 2.79 bits per heavy atom. The average molecular weight is 254 g/mol. The van der Waals surface area contributed by atoms with Crippen LogP contribution in [0.5, 0.6) is 0 Å². The summed E-state index contributed by atoms with van der Waals surface area (Å²) < 4.78 is 4.74. The standard InChI is InChI=1S/C14H10N2O3/c1-19-14(18)10-7-15-6-9-12(10)8-4-2-3-5-11(8)16-13(9)17/h2-7H,1H3,(H,16,17). The van der Waals surface area contributed by atoms with Crippen molar-refractivity contribution in [3.05, 3.63) is 52.6 Å². The van der Waals surface area contributed by atoms with Gasteiger partial charge in [-0.25, -0.2) is 4.79 Å². The zero-order valence-corrected chi connectivity index (χ0v) is 10.1. The first-order valence-electron chi connectivity index (χ1n) is 5.69. The molecule has 5 heteroatoms. The molecular weight excluding hydrogens is 244 g/mol. The van der Waals surface area contributed by atoms with E-state index in [0.717, 1.165) is 5.39 Å². The molecule has 0 spiro atoms. The molecule has 0 aliphatic heterocycles. The van der Waals surface area contributed by atoms with E-state index in [-0.39, 0.29) is 5.56 Å². The SMILES string of the molecule is COC(=O)c1cncc2c(=O)[nH]c3ccccc3c12. The summed E-state index contributed by atoms with van der Waals surface area (Å²) in [5, 5.41) is 1.74. The number of ether oxygens (including phenoxy) is 1. The van der Waals surface area contributed by atoms with Crippen LogP contribution in [0.2, 0.25) is 0 Å². The van der Waals surface area contributed by atoms with E-state index in [1.54, 1.807) is 6.07 Å². The first-order valence-corrected chi connectivity index (χ1v) is 5.69. The zero-order chi connectivity index (χ0) is 13.4. The van der Waals surface area contributed by atoms with E-state index in [0.29, 0.717) is 21.9 Å². The molecule has 0 amide bonds. The summed E-state index contributed by atoms with van der Waals surface area (Å²) in [6.07, 6.45) is 2.87. The lowest BCUT2D eigenvalue weighted by Gasteiger charge is -2.07. The Kier molecular flexibility index (Phi) is 2.52. The van der Waals surface area contributed by atoms with E-state index in [4.69, 9.17) is 4.74 Å². The predicted octanol–water partition coefficient (Wildman–Crippen LogP) is 1.86. The normalized spacial score (nSPS) is 10.8. The number of pyridine rings is 2. The molecule has 0 aliphatic rings. The molecule has 3 rings (SSSR count). The first-order chi connectivity index (χ1) is 9.22. The summed E-state index contributed by atoms with van der Waals surface area (Å²) in [5.74, 6) is -0.506. The number of aromatic nitrogens is 2. The fourth-order valence-corrected chi connectivity index (χ4v) is 2.19. The van der Waals surface area contributed by atoms with E-state index in [1.165, 1.54) is 19.5 Å². The van der Waals surface area contributed by atoms with Gasteiger partial charge in [-0.3, -0.25) is 9.78 Å². The minimum absolute atomic E-state index is 0.271. The van der Waals surface area contributed by atoms with Gasteiger partial charge in [0.1, 0.15) is 0 Å². The van der Waals surface area contributed by atoms with Gasteiger partial charge in [0.25, 0.3) is 5.56 Å². The number of para-hydroxylation sites is 1. The molecule has 0 radical (unpaired) electrons. The minimum atomic E-state index is -0.506. The second-order valence-electron chi connectivity index (χ2n) is 4.10. The Hall–Kier alpha value is -2.69. The van der Waals surface area contributed by atoms with E-state index >= 15 is 0 Å². The van der Waals surface area contributed by atoms with Gasteiger partial charge in [-0.05, 0) is 6.07 Å². The second-order valence-corrected chi connectivity index (χ2v) is 4.10. The van der Waals surface area contributed by atoms with Crippen LogP contribution >= 0.6 is 0 Å². The average Bonchev–Trinajstić information content (AvgIpc) is 2.46. The summed E-state index contributed by atoms with van der Waals surface area (Å²) in [4.78, 5) is 30.5. The number of rotatable bonds is 1. The number of hydrogen-bond acceptors (Lipinski definition) is 4. The summed E-state index contributed by atoms with van der Waals surface area (Å²) in [6, 6.07) is 7.31. The number of aromatic amines is 1. The smallest absolute Gasteiger partial charge is 0.340 e. The lowest BCUT2D eigenvalue weighted by atomic mass is 10.0. The molecule has 0 unspecified atom stereocenters. The number of benzene rings is 1. The number of fused-ring (bicyclic) bond motifs is 3. The molecule has 0 saturated heterocycles. The molecule has 5 nitrogen and oxygen atoms in total. The molecule has 19 heavy (non-hydrogen) atoms. The van der Waals surface area contributed by atoms with Gasteiger partial charge in [-0.1, -0.05) is 18.2 Å². The molecule has 0 bridgehead atoms. The van der Waals surface area contributed by atoms with Crippen molar-refractivity contribution in [3.63, 3.8) is 0 Å². The van der Waals surface area contributed by atoms with Crippen LogP contribution in [0.3, 0.4) is 0 Å². The molecule has 0 fully saturated rings. The van der Waals surface area contributed by atoms with Gasteiger partial charge < -0.3 is 9.72 Å². The first kappa shape index (κ1) is 11.4. The van der Waals surface area contributed by atoms with E-state index in [1.807, 2.05) is 18.2 Å². The largest absolute Gasteiger partial charge is 0.465 e. The van der Waals surface area contributed by atoms with Crippen LogP contribution in [-0.4, -0.2) is 23.0 Å². The topological polar surface area (TPSA) is 72.0 Å². The van der Waals surface area contributed by atoms with E-state index in [2.05, 4.69) is 9.97 Å². The quantitative estimate of drug-likeness (QED) is 0.531. The number of nitrogens with zero attached hydrogens (tertiary/aromatic N) is 1. The van der Waals surface area contributed by atoms with E-state index < -0.39 is 5.97 Å². The van der Waals surface area contributed by atoms with Crippen LogP contribution in [0, 0.1) is 0 Å². The highest BCUT2D eigenvalue weighted by molar-refractivity contribution is 6.14. The summed E-state index contributed by atoms with van der Waals surface area (Å²) >= 11 is 0. The molecule has 0 aliphatic carbocycles. The van der Waals surface area contributed by atoms with Crippen molar-refractivity contribution in [3.8, 4) is 0 Å². The Morgan fingerprint density at radius 1 is 1.21 bits per heavy atom. The fraction of sp³-hybridized carbons (Fsp3) is 0.0714. The van der Waals surface area contributed by atoms with Crippen LogP contribution in [0.4, 0.5) is 0 Å². The monoisotopic (exact) mass is 254 g/mol. The highest BCUT2D eigenvalue weighted by Crippen LogP contribution is 2.24. The van der Waals surface area contributed by atoms with Crippen LogP contribution in [0.15, 0.2) is 41.5 Å². The van der Waals surface area contributed by atoms with Gasteiger partial charge in [0.2, 0.25) is 0 Å². The van der Waals surface area contributed by atoms with Crippen LogP contribution in [0.25, 0.3) is 21.7 Å². The molecular formula is C14H10N2O3. The van der Waals surface area contributed by atoms with Crippen LogP contribution < -0.4 is 5.56 Å². The van der Waals surface area contributed by atoms with Crippen molar-refractivity contribution >= 4 is 27.6 Å². The van der Waals surface area contributed by atoms with Gasteiger partial charge in [-0.15, -0.1) is 0 Å². The van der Waals surface area contributed by atoms with Crippen molar-refractivity contribution in [1.29, 1.82) is 0 Å². The summed E-state index contributed by atoms with van der Waals surface area (Å²) in [5.41, 5.74) is 0.700. The van der Waals surface area contributed by atoms with E-state index in [9.17, 15) is 9.59 Å². The van der Waals surface area contributed by atoms with Crippen LogP contribution in [-0.2, 0) is 4.74 Å². The van der Waals surface area contributed by atoms with Gasteiger partial charge in [0.15, 0.2) is 0 Å². The molecule has 1 aromatic carbocycles. The molecule has 3 aromatic rings. The molecule has 0 atom stereocenters. The number of hydrogen-bond donors (Lipinski definition) is 1. The third-order valence-electron chi connectivity index (χ3n) is 3.04. The van der Waals surface area contributed by atoms with Crippen molar-refractivity contribution in [2.75, 3.05) is 7.11 Å². The van der Waals surface area contributed by atoms with Gasteiger partial charge in [-0.2, -0.15) is 0 Å². The predicted molar refractivity (Wildman–Crippen MR) is 71.2 cm³/mol. The van der Waals surface area contributed by atoms with Crippen molar-refractivity contribution < 1.29 is 9.53 Å². The summed E-state index contributed by atoms with van der Waals surface area (Å²) in [7, 11) is 1.30. The van der Waals surface area contributed by atoms with Gasteiger partial charge in [0, 0.05) is 28.7 Å². The highest BCUT2D eigenvalue weighted by Gasteiger charge is 2.15. The molecule has 2 aromatic heterocycles. The number of H-pyrrole nitrogens is 1. The Labute approximate surface area is 107 Å². The number of carbonyl (C=O) groups excluding carboxylic acids is 1. The minimum Gasteiger partial charge on any atom is -0.465 e. The maximum atomic E-state index is 12.0. The van der Waals surface area contributed by atoms with Crippen LogP contribution in [0.1, 0.15) is 10.4 Å². The maximum Gasteiger partial charge on any atom is 0.340 e. The molecule has 2 heterocycles. The third kappa shape index (κ3) is 1.67. The Morgan fingerprint density at radius 2 is 2.00 bits per heavy atom. The Balaban J connectivity index is 2.59. The third-order valence-corrected chi connectivity index (χ3v) is 3.04. The van der Waals surface area contributed by atoms with Crippen molar-refractivity contribution in [2.24, 2.45) is 0 Å². The summed E-state index contributed by atoms with van der Waals surface area (Å²) in [6.45, 7) is 0. The van der Waals surface area contributed by atoms with Gasteiger partial charge >= 0.3 is 5.97 Å². The number of methoxy groups -OCH3 is 1. The van der Waals surface area contributed by atoms with Crippen molar-refractivity contribution in [2.45, 2.75) is 0 Å². The maximum absolute atomic E-state index is 12.0. The second kappa shape index (κ2) is 4.20. The van der Waals surface area contributed by atoms with Gasteiger partial charge in [0.05, 0.1) is 18.1 Å². The Bertz CT molecular complexity index is 852. The highest BCUT2D eigenvalue weighted by atomic mass is 16.5. The number of carbonyl (C=O) groups is 1. The molecule has 1 N–H and O–H groups in total. The number of nitrogens with one attached hydrogen (secondary N) is 1. The lowest BCUT2D eigenvalue weighted by molar-refractivity contribution is 0.0602. The number of esters is 1. The lowest BCUT2D eigenvalue weighted by Crippen LogP contribution is -2.10. The van der Waals surface area contributed by atoms with Crippen molar-refractivity contribution in [1.82, 2.24) is 9.97 Å². The molecule has 94 valence electrons. The molecule has 0 saturated carbocycles. The zero-order valence-electron chi connectivity index (χ0n) is 10.1. The fourth-order valence-electron chi connectivity index (χ4n) is 2.19.